The molecule has 90 valence electrons. The van der Waals surface area contributed by atoms with Gasteiger partial charge in [-0.25, -0.2) is 0 Å². The summed E-state index contributed by atoms with van der Waals surface area (Å²) in [5.74, 6) is -0.941. The van der Waals surface area contributed by atoms with Crippen LogP contribution >= 0.6 is 0 Å². The molecule has 0 fully saturated rings. The van der Waals surface area contributed by atoms with Gasteiger partial charge in [-0.05, 0) is 25.3 Å². The summed E-state index contributed by atoms with van der Waals surface area (Å²) in [5.41, 5.74) is 0.622. The van der Waals surface area contributed by atoms with Crippen LogP contribution in [0.15, 0.2) is 11.6 Å². The van der Waals surface area contributed by atoms with E-state index in [9.17, 15) is 9.59 Å². The fourth-order valence-electron chi connectivity index (χ4n) is 1.17. The van der Waals surface area contributed by atoms with E-state index < -0.39 is 5.97 Å². The quantitative estimate of drug-likeness (QED) is 0.431. The number of aliphatic carboxylic acids is 1. The topological polar surface area (TPSA) is 90.3 Å². The van der Waals surface area contributed by atoms with Crippen molar-refractivity contribution in [2.45, 2.75) is 32.6 Å². The Kier molecular flexibility index (Phi) is 7.75. The molecule has 0 bridgehead atoms. The summed E-state index contributed by atoms with van der Waals surface area (Å²) in [5, 5.41) is 18.2. The lowest BCUT2D eigenvalue weighted by Gasteiger charge is -2.02. The third-order valence-electron chi connectivity index (χ3n) is 1.93. The Bertz CT molecular complexity index is 285. The Morgan fingerprint density at radius 1 is 1.44 bits per heavy atom. The van der Waals surface area contributed by atoms with Crippen LogP contribution in [0.1, 0.15) is 32.6 Å². The maximum absolute atomic E-state index is 11.2. The predicted octanol–water partition coefficient (Wildman–Crippen LogP) is 1.34. The fourth-order valence-corrected chi connectivity index (χ4v) is 1.17. The number of unbranched alkanes of at least 4 members (excludes halogenated alkanes) is 1. The molecule has 0 aliphatic heterocycles. The highest BCUT2D eigenvalue weighted by atomic mass is 16.4. The van der Waals surface area contributed by atoms with Gasteiger partial charge < -0.3 is 15.8 Å². The van der Waals surface area contributed by atoms with Gasteiger partial charge in [0.2, 0.25) is 5.91 Å². The van der Waals surface area contributed by atoms with E-state index in [1.165, 1.54) is 0 Å². The largest absolute Gasteiger partial charge is 0.481 e. The molecule has 0 atom stereocenters. The Hall–Kier alpha value is -1.65. The second-order valence-corrected chi connectivity index (χ2v) is 3.34. The monoisotopic (exact) mass is 226 g/mol. The molecule has 16 heavy (non-hydrogen) atoms. The van der Waals surface area contributed by atoms with Gasteiger partial charge in [0.15, 0.2) is 0 Å². The van der Waals surface area contributed by atoms with Crippen molar-refractivity contribution in [2.75, 3.05) is 6.54 Å². The summed E-state index contributed by atoms with van der Waals surface area (Å²) < 4.78 is 0. The maximum atomic E-state index is 11.2. The number of carboxylic acids is 1. The molecule has 0 saturated carbocycles. The van der Waals surface area contributed by atoms with E-state index in [0.717, 1.165) is 6.21 Å². The molecule has 1 amide bonds. The summed E-state index contributed by atoms with van der Waals surface area (Å²) >= 11 is 0. The second-order valence-electron chi connectivity index (χ2n) is 3.34. The van der Waals surface area contributed by atoms with Crippen LogP contribution in [0.2, 0.25) is 0 Å². The molecule has 0 aliphatic rings. The van der Waals surface area contributed by atoms with Gasteiger partial charge in [0.1, 0.15) is 0 Å². The van der Waals surface area contributed by atoms with Gasteiger partial charge in [-0.1, -0.05) is 6.08 Å². The van der Waals surface area contributed by atoms with Gasteiger partial charge in [0.25, 0.3) is 0 Å². The molecular weight excluding hydrogens is 208 g/mol. The molecular formula is C11H18N2O3. The molecule has 0 spiro atoms. The number of hydrogen-bond donors (Lipinski definition) is 3. The normalized spacial score (nSPS) is 10.9. The zero-order chi connectivity index (χ0) is 12.4. The van der Waals surface area contributed by atoms with Crippen LogP contribution in [0.3, 0.4) is 0 Å². The summed E-state index contributed by atoms with van der Waals surface area (Å²) in [6, 6.07) is 0. The lowest BCUT2D eigenvalue weighted by atomic mass is 10.1. The first-order chi connectivity index (χ1) is 7.60. The molecule has 0 rings (SSSR count). The highest BCUT2D eigenvalue weighted by Gasteiger charge is 2.02. The average molecular weight is 226 g/mol. The molecule has 0 aromatic carbocycles. The number of carbonyl (C=O) groups is 2. The van der Waals surface area contributed by atoms with Gasteiger partial charge in [0, 0.05) is 19.2 Å². The zero-order valence-corrected chi connectivity index (χ0v) is 9.45. The highest BCUT2D eigenvalue weighted by Crippen LogP contribution is 2.04. The lowest BCUT2D eigenvalue weighted by Crippen LogP contribution is -2.22. The summed E-state index contributed by atoms with van der Waals surface area (Å²) in [7, 11) is 0. The van der Waals surface area contributed by atoms with Gasteiger partial charge in [-0.3, -0.25) is 9.59 Å². The number of nitrogens with one attached hydrogen (secondary N) is 2. The second kappa shape index (κ2) is 8.64. The Labute approximate surface area is 95.1 Å². The SMILES string of the molecule is CCNC(=O)C/C(C=N)=C\CCCC(=O)O. The third-order valence-corrected chi connectivity index (χ3v) is 1.93. The van der Waals surface area contributed by atoms with E-state index in [2.05, 4.69) is 5.32 Å². The molecule has 0 unspecified atom stereocenters. The van der Waals surface area contributed by atoms with Crippen LogP contribution in [0.4, 0.5) is 0 Å². The van der Waals surface area contributed by atoms with Crippen LogP contribution < -0.4 is 5.32 Å². The van der Waals surface area contributed by atoms with E-state index in [4.69, 9.17) is 10.5 Å². The number of rotatable bonds is 8. The first kappa shape index (κ1) is 14.3. The summed E-state index contributed by atoms with van der Waals surface area (Å²) in [6.45, 7) is 2.40. The fraction of sp³-hybridized carbons (Fsp3) is 0.545. The van der Waals surface area contributed by atoms with E-state index >= 15 is 0 Å². The van der Waals surface area contributed by atoms with Crippen molar-refractivity contribution >= 4 is 18.1 Å². The third kappa shape index (κ3) is 7.73. The molecule has 0 aromatic rings. The number of carbonyl (C=O) groups excluding carboxylic acids is 1. The lowest BCUT2D eigenvalue weighted by molar-refractivity contribution is -0.137. The molecule has 0 radical (unpaired) electrons. The highest BCUT2D eigenvalue weighted by molar-refractivity contribution is 5.88. The minimum atomic E-state index is -0.825. The molecule has 5 nitrogen and oxygen atoms in total. The molecule has 0 heterocycles. The van der Waals surface area contributed by atoms with Gasteiger partial charge in [0.05, 0.1) is 6.42 Å². The van der Waals surface area contributed by atoms with Gasteiger partial charge in [-0.15, -0.1) is 0 Å². The minimum absolute atomic E-state index is 0.114. The van der Waals surface area contributed by atoms with Crippen LogP contribution in [0.25, 0.3) is 0 Å². The summed E-state index contributed by atoms with van der Waals surface area (Å²) in [4.78, 5) is 21.5. The van der Waals surface area contributed by atoms with E-state index in [0.29, 0.717) is 25.0 Å². The van der Waals surface area contributed by atoms with E-state index in [1.54, 1.807) is 6.08 Å². The standard InChI is InChI=1S/C11H18N2O3/c1-2-13-10(14)7-9(8-12)5-3-4-6-11(15)16/h5,8,12H,2-4,6-7H2,1H3,(H,13,14)(H,15,16)/b9-5+,12-8?. The smallest absolute Gasteiger partial charge is 0.303 e. The van der Waals surface area contributed by atoms with Crippen molar-refractivity contribution in [3.63, 3.8) is 0 Å². The van der Waals surface area contributed by atoms with Gasteiger partial charge >= 0.3 is 5.97 Å². The van der Waals surface area contributed by atoms with Crippen molar-refractivity contribution in [3.05, 3.63) is 11.6 Å². The maximum Gasteiger partial charge on any atom is 0.303 e. The van der Waals surface area contributed by atoms with E-state index in [-0.39, 0.29) is 18.7 Å². The van der Waals surface area contributed by atoms with Crippen molar-refractivity contribution in [2.24, 2.45) is 0 Å². The Morgan fingerprint density at radius 3 is 2.62 bits per heavy atom. The van der Waals surface area contributed by atoms with Crippen molar-refractivity contribution < 1.29 is 14.7 Å². The van der Waals surface area contributed by atoms with Gasteiger partial charge in [-0.2, -0.15) is 0 Å². The molecule has 0 saturated heterocycles. The Morgan fingerprint density at radius 2 is 2.12 bits per heavy atom. The summed E-state index contributed by atoms with van der Waals surface area (Å²) in [6.07, 6.45) is 4.28. The number of allylic oxidation sites excluding steroid dienone is 1. The van der Waals surface area contributed by atoms with Crippen molar-refractivity contribution in [1.82, 2.24) is 5.32 Å². The van der Waals surface area contributed by atoms with Crippen LogP contribution in [-0.2, 0) is 9.59 Å². The van der Waals surface area contributed by atoms with E-state index in [1.807, 2.05) is 6.92 Å². The van der Waals surface area contributed by atoms with Crippen LogP contribution in [-0.4, -0.2) is 29.7 Å². The van der Waals surface area contributed by atoms with Crippen molar-refractivity contribution in [1.29, 1.82) is 5.41 Å². The first-order valence-corrected chi connectivity index (χ1v) is 5.28. The minimum Gasteiger partial charge on any atom is -0.481 e. The first-order valence-electron chi connectivity index (χ1n) is 5.28. The molecule has 5 heteroatoms. The Balaban J connectivity index is 3.97. The predicted molar refractivity (Wildman–Crippen MR) is 61.7 cm³/mol. The molecule has 0 aromatic heterocycles. The molecule has 0 aliphatic carbocycles. The average Bonchev–Trinajstić information content (AvgIpc) is 2.22. The number of amides is 1. The number of hydrogen-bond acceptors (Lipinski definition) is 3. The van der Waals surface area contributed by atoms with Crippen LogP contribution in [0, 0.1) is 5.41 Å². The van der Waals surface area contributed by atoms with Crippen molar-refractivity contribution in [3.8, 4) is 0 Å². The number of carboxylic acid groups (broad SMARTS) is 1. The molecule has 3 N–H and O–H groups in total. The zero-order valence-electron chi connectivity index (χ0n) is 9.45. The van der Waals surface area contributed by atoms with Crippen LogP contribution in [0.5, 0.6) is 0 Å².